The van der Waals surface area contributed by atoms with Gasteiger partial charge in [0, 0.05) is 17.7 Å². The highest BCUT2D eigenvalue weighted by molar-refractivity contribution is 5.45. The van der Waals surface area contributed by atoms with Crippen LogP contribution in [0.15, 0.2) is 77.6 Å². The van der Waals surface area contributed by atoms with Crippen molar-refractivity contribution in [1.82, 2.24) is 15.1 Å². The zero-order valence-electron chi connectivity index (χ0n) is 16.8. The molecule has 2 aromatic heterocycles. The number of hydrogen-bond acceptors (Lipinski definition) is 5. The highest BCUT2D eigenvalue weighted by Gasteiger charge is 2.22. The molecule has 2 heterocycles. The number of hydrogen-bond donors (Lipinski definition) is 0. The van der Waals surface area contributed by atoms with Crippen LogP contribution in [0.3, 0.4) is 0 Å². The molecule has 0 radical (unpaired) electrons. The number of aromatic nitrogens is 3. The van der Waals surface area contributed by atoms with Gasteiger partial charge in [-0.05, 0) is 36.2 Å². The summed E-state index contributed by atoms with van der Waals surface area (Å²) in [5.74, 6) is 1.83. The van der Waals surface area contributed by atoms with E-state index in [-0.39, 0.29) is 5.41 Å². The third-order valence-corrected chi connectivity index (χ3v) is 5.11. The van der Waals surface area contributed by atoms with Gasteiger partial charge in [-0.15, -0.1) is 0 Å². The third-order valence-electron chi connectivity index (χ3n) is 5.11. The molecule has 0 N–H and O–H groups in total. The maximum Gasteiger partial charge on any atom is 0.204 e. The lowest BCUT2D eigenvalue weighted by molar-refractivity contribution is 0.301. The Morgan fingerprint density at radius 3 is 2.21 bits per heavy atom. The summed E-state index contributed by atoms with van der Waals surface area (Å²) >= 11 is 0. The molecule has 29 heavy (non-hydrogen) atoms. The van der Waals surface area contributed by atoms with E-state index in [1.165, 1.54) is 16.7 Å². The van der Waals surface area contributed by atoms with Gasteiger partial charge in [-0.1, -0.05) is 61.0 Å². The molecule has 0 bridgehead atoms. The van der Waals surface area contributed by atoms with E-state index in [0.29, 0.717) is 18.2 Å². The van der Waals surface area contributed by atoms with Crippen molar-refractivity contribution in [2.24, 2.45) is 0 Å². The Bertz CT molecular complexity index is 1070. The molecule has 0 aliphatic carbocycles. The fourth-order valence-electron chi connectivity index (χ4n) is 3.19. The Labute approximate surface area is 170 Å². The number of benzene rings is 2. The van der Waals surface area contributed by atoms with Gasteiger partial charge in [-0.25, -0.2) is 9.97 Å². The summed E-state index contributed by atoms with van der Waals surface area (Å²) in [4.78, 5) is 8.67. The smallest absolute Gasteiger partial charge is 0.204 e. The van der Waals surface area contributed by atoms with Crippen molar-refractivity contribution in [3.8, 4) is 17.3 Å². The minimum atomic E-state index is -0.0785. The van der Waals surface area contributed by atoms with Gasteiger partial charge in [0.05, 0.1) is 11.9 Å². The molecule has 0 spiro atoms. The average Bonchev–Trinajstić information content (AvgIpc) is 3.28. The van der Waals surface area contributed by atoms with Crippen molar-refractivity contribution in [2.75, 3.05) is 0 Å². The lowest BCUT2D eigenvalue weighted by Gasteiger charge is -2.26. The van der Waals surface area contributed by atoms with Crippen LogP contribution >= 0.6 is 0 Å². The summed E-state index contributed by atoms with van der Waals surface area (Å²) < 4.78 is 11.0. The SMILES string of the molecule is Cc1ccc(C(C)(C)c2ccc(OCc3ccnc(-c4ccno4)n3)cc2)cc1. The van der Waals surface area contributed by atoms with E-state index in [2.05, 4.69) is 72.3 Å². The first kappa shape index (κ1) is 18.9. The number of rotatable bonds is 6. The molecule has 0 aliphatic rings. The lowest BCUT2D eigenvalue weighted by atomic mass is 9.78. The fourth-order valence-corrected chi connectivity index (χ4v) is 3.19. The molecule has 0 saturated carbocycles. The fraction of sp³-hybridized carbons (Fsp3) is 0.208. The first-order chi connectivity index (χ1) is 14.0. The number of ether oxygens (including phenoxy) is 1. The van der Waals surface area contributed by atoms with Gasteiger partial charge >= 0.3 is 0 Å². The van der Waals surface area contributed by atoms with Crippen LogP contribution < -0.4 is 4.74 Å². The van der Waals surface area contributed by atoms with Gasteiger partial charge in [0.25, 0.3) is 0 Å². The molecule has 4 rings (SSSR count). The highest BCUT2D eigenvalue weighted by atomic mass is 16.5. The molecule has 146 valence electrons. The Morgan fingerprint density at radius 2 is 1.55 bits per heavy atom. The van der Waals surface area contributed by atoms with E-state index in [1.54, 1.807) is 18.5 Å². The predicted octanol–water partition coefficient (Wildman–Crippen LogP) is 5.34. The van der Waals surface area contributed by atoms with Crippen molar-refractivity contribution in [2.45, 2.75) is 32.8 Å². The minimum absolute atomic E-state index is 0.0785. The van der Waals surface area contributed by atoms with Crippen LogP contribution in [0.4, 0.5) is 0 Å². The Morgan fingerprint density at radius 1 is 0.862 bits per heavy atom. The van der Waals surface area contributed by atoms with Crippen LogP contribution in [0.5, 0.6) is 5.75 Å². The first-order valence-electron chi connectivity index (χ1n) is 9.56. The molecule has 4 aromatic rings. The summed E-state index contributed by atoms with van der Waals surface area (Å²) in [6.45, 7) is 6.93. The average molecular weight is 385 g/mol. The molecule has 5 nitrogen and oxygen atoms in total. The second-order valence-corrected chi connectivity index (χ2v) is 7.55. The zero-order valence-corrected chi connectivity index (χ0v) is 16.8. The van der Waals surface area contributed by atoms with Gasteiger partial charge < -0.3 is 9.26 Å². The normalized spacial score (nSPS) is 11.4. The molecule has 0 fully saturated rings. The monoisotopic (exact) mass is 385 g/mol. The minimum Gasteiger partial charge on any atom is -0.487 e. The summed E-state index contributed by atoms with van der Waals surface area (Å²) in [5, 5.41) is 3.69. The molecular weight excluding hydrogens is 362 g/mol. The van der Waals surface area contributed by atoms with E-state index in [9.17, 15) is 0 Å². The second-order valence-electron chi connectivity index (χ2n) is 7.55. The number of nitrogens with zero attached hydrogens (tertiary/aromatic N) is 3. The molecule has 0 atom stereocenters. The van der Waals surface area contributed by atoms with Crippen molar-refractivity contribution in [3.05, 3.63) is 95.4 Å². The third kappa shape index (κ3) is 4.19. The van der Waals surface area contributed by atoms with Crippen molar-refractivity contribution in [1.29, 1.82) is 0 Å². The topological polar surface area (TPSA) is 61.0 Å². The molecule has 0 aliphatic heterocycles. The molecule has 0 unspecified atom stereocenters. The molecule has 0 saturated heterocycles. The molecule has 2 aromatic carbocycles. The van der Waals surface area contributed by atoms with E-state index < -0.39 is 0 Å². The van der Waals surface area contributed by atoms with Gasteiger partial charge in [-0.3, -0.25) is 0 Å². The Kier molecular flexibility index (Phi) is 5.12. The molecular formula is C24H23N3O2. The van der Waals surface area contributed by atoms with E-state index in [0.717, 1.165) is 11.4 Å². The Balaban J connectivity index is 1.45. The quantitative estimate of drug-likeness (QED) is 0.448. The van der Waals surface area contributed by atoms with Crippen LogP contribution in [0.25, 0.3) is 11.6 Å². The standard InChI is InChI=1S/C24H23N3O2/c1-17-4-6-18(7-5-17)24(2,3)19-8-10-21(11-9-19)28-16-20-12-14-25-23(27-20)22-13-15-26-29-22/h4-15H,16H2,1-3H3. The van der Waals surface area contributed by atoms with Gasteiger partial charge in [0.15, 0.2) is 5.82 Å². The Hall–Kier alpha value is -3.47. The summed E-state index contributed by atoms with van der Waals surface area (Å²) in [6.07, 6.45) is 3.26. The molecule has 5 heteroatoms. The van der Waals surface area contributed by atoms with Crippen LogP contribution in [-0.4, -0.2) is 15.1 Å². The lowest BCUT2D eigenvalue weighted by Crippen LogP contribution is -2.18. The second kappa shape index (κ2) is 7.87. The molecule has 0 amide bonds. The van der Waals surface area contributed by atoms with E-state index >= 15 is 0 Å². The van der Waals surface area contributed by atoms with Crippen molar-refractivity contribution >= 4 is 0 Å². The first-order valence-corrected chi connectivity index (χ1v) is 9.56. The highest BCUT2D eigenvalue weighted by Crippen LogP contribution is 2.32. The van der Waals surface area contributed by atoms with Crippen LogP contribution in [-0.2, 0) is 12.0 Å². The maximum absolute atomic E-state index is 5.92. The van der Waals surface area contributed by atoms with Gasteiger partial charge in [-0.2, -0.15) is 0 Å². The summed E-state index contributed by atoms with van der Waals surface area (Å²) in [5.41, 5.74) is 4.49. The van der Waals surface area contributed by atoms with Gasteiger partial charge in [0.2, 0.25) is 5.76 Å². The zero-order chi connectivity index (χ0) is 20.3. The van der Waals surface area contributed by atoms with Crippen molar-refractivity contribution in [3.63, 3.8) is 0 Å². The largest absolute Gasteiger partial charge is 0.487 e. The van der Waals surface area contributed by atoms with Crippen LogP contribution in [0.2, 0.25) is 0 Å². The predicted molar refractivity (Wildman–Crippen MR) is 112 cm³/mol. The summed E-state index contributed by atoms with van der Waals surface area (Å²) in [6, 6.07) is 20.5. The van der Waals surface area contributed by atoms with Crippen molar-refractivity contribution < 1.29 is 9.26 Å². The van der Waals surface area contributed by atoms with Gasteiger partial charge in [0.1, 0.15) is 12.4 Å². The maximum atomic E-state index is 5.92. The van der Waals surface area contributed by atoms with E-state index in [1.807, 2.05) is 18.2 Å². The van der Waals surface area contributed by atoms with Crippen LogP contribution in [0.1, 0.15) is 36.2 Å². The number of aryl methyl sites for hydroxylation is 1. The summed E-state index contributed by atoms with van der Waals surface area (Å²) in [7, 11) is 0. The van der Waals surface area contributed by atoms with Crippen LogP contribution in [0, 0.1) is 6.92 Å². The van der Waals surface area contributed by atoms with E-state index in [4.69, 9.17) is 9.26 Å².